The Kier molecular flexibility index (Phi) is 4.35. The first-order valence-electron chi connectivity index (χ1n) is 5.62. The normalized spacial score (nSPS) is 10.0. The molecule has 0 radical (unpaired) electrons. The fraction of sp³-hybridized carbons (Fsp3) is 0.462. The first kappa shape index (κ1) is 12.6. The zero-order valence-electron chi connectivity index (χ0n) is 10.5. The van der Waals surface area contributed by atoms with Crippen LogP contribution in [-0.2, 0) is 0 Å². The van der Waals surface area contributed by atoms with E-state index in [1.165, 1.54) is 5.56 Å². The molecule has 0 aromatic heterocycles. The zero-order chi connectivity index (χ0) is 12.1. The minimum atomic E-state index is 0.00458. The molecule has 1 aromatic rings. The van der Waals surface area contributed by atoms with Gasteiger partial charge in [0.15, 0.2) is 0 Å². The first-order valence-corrected chi connectivity index (χ1v) is 5.62. The average Bonchev–Trinajstić information content (AvgIpc) is 2.26. The van der Waals surface area contributed by atoms with Gasteiger partial charge in [0.2, 0.25) is 0 Å². The number of carbonyl (C=O) groups is 1. The molecular weight excluding hydrogens is 200 g/mol. The van der Waals surface area contributed by atoms with Crippen LogP contribution >= 0.6 is 0 Å². The largest absolute Gasteiger partial charge is 0.377 e. The standard InChI is InChI=1S/C13H20N2O/c1-5-8-14-13(16)11-7-6-10(2)12(9-11)15(3)4/h6-7,9H,5,8H2,1-4H3,(H,14,16). The Balaban J connectivity index is 2.90. The van der Waals surface area contributed by atoms with E-state index >= 15 is 0 Å². The molecule has 0 atom stereocenters. The number of benzene rings is 1. The molecule has 0 aliphatic carbocycles. The summed E-state index contributed by atoms with van der Waals surface area (Å²) in [5, 5.41) is 2.88. The zero-order valence-corrected chi connectivity index (χ0v) is 10.5. The van der Waals surface area contributed by atoms with Crippen LogP contribution in [0.2, 0.25) is 0 Å². The number of anilines is 1. The van der Waals surface area contributed by atoms with Gasteiger partial charge in [0.1, 0.15) is 0 Å². The second-order valence-corrected chi connectivity index (χ2v) is 4.15. The molecule has 0 saturated carbocycles. The predicted molar refractivity (Wildman–Crippen MR) is 68.1 cm³/mol. The summed E-state index contributed by atoms with van der Waals surface area (Å²) in [4.78, 5) is 13.8. The maximum atomic E-state index is 11.8. The number of hydrogen-bond donors (Lipinski definition) is 1. The summed E-state index contributed by atoms with van der Waals surface area (Å²) in [5.74, 6) is 0.00458. The minimum absolute atomic E-state index is 0.00458. The van der Waals surface area contributed by atoms with E-state index in [1.54, 1.807) is 0 Å². The number of nitrogens with zero attached hydrogens (tertiary/aromatic N) is 1. The minimum Gasteiger partial charge on any atom is -0.377 e. The lowest BCUT2D eigenvalue weighted by Gasteiger charge is -2.16. The van der Waals surface area contributed by atoms with Crippen molar-refractivity contribution in [2.75, 3.05) is 25.5 Å². The van der Waals surface area contributed by atoms with E-state index in [0.717, 1.165) is 24.2 Å². The molecule has 16 heavy (non-hydrogen) atoms. The molecule has 0 saturated heterocycles. The van der Waals surface area contributed by atoms with Gasteiger partial charge in [-0.25, -0.2) is 0 Å². The predicted octanol–water partition coefficient (Wildman–Crippen LogP) is 2.20. The summed E-state index contributed by atoms with van der Waals surface area (Å²) < 4.78 is 0. The lowest BCUT2D eigenvalue weighted by Crippen LogP contribution is -2.24. The number of nitrogens with one attached hydrogen (secondary N) is 1. The number of carbonyl (C=O) groups excluding carboxylic acids is 1. The smallest absolute Gasteiger partial charge is 0.251 e. The Morgan fingerprint density at radius 3 is 2.62 bits per heavy atom. The molecule has 0 spiro atoms. The van der Waals surface area contributed by atoms with Gasteiger partial charge in [-0.1, -0.05) is 13.0 Å². The van der Waals surface area contributed by atoms with Crippen LogP contribution in [-0.4, -0.2) is 26.5 Å². The second kappa shape index (κ2) is 5.54. The van der Waals surface area contributed by atoms with Gasteiger partial charge >= 0.3 is 0 Å². The average molecular weight is 220 g/mol. The Hall–Kier alpha value is -1.51. The van der Waals surface area contributed by atoms with Crippen molar-refractivity contribution in [1.82, 2.24) is 5.32 Å². The molecule has 88 valence electrons. The third-order valence-electron chi connectivity index (χ3n) is 2.49. The molecule has 3 nitrogen and oxygen atoms in total. The fourth-order valence-corrected chi connectivity index (χ4v) is 1.57. The molecule has 0 heterocycles. The van der Waals surface area contributed by atoms with Gasteiger partial charge in [0, 0.05) is 31.9 Å². The monoisotopic (exact) mass is 220 g/mol. The molecule has 1 aromatic carbocycles. The third-order valence-corrected chi connectivity index (χ3v) is 2.49. The Morgan fingerprint density at radius 2 is 2.06 bits per heavy atom. The topological polar surface area (TPSA) is 32.3 Å². The number of aryl methyl sites for hydroxylation is 1. The quantitative estimate of drug-likeness (QED) is 0.843. The molecule has 0 aliphatic heterocycles. The molecular formula is C13H20N2O. The van der Waals surface area contributed by atoms with Gasteiger partial charge in [-0.15, -0.1) is 0 Å². The molecule has 0 unspecified atom stereocenters. The highest BCUT2D eigenvalue weighted by atomic mass is 16.1. The number of rotatable bonds is 4. The van der Waals surface area contributed by atoms with E-state index in [2.05, 4.69) is 5.32 Å². The van der Waals surface area contributed by atoms with Crippen LogP contribution < -0.4 is 10.2 Å². The van der Waals surface area contributed by atoms with Crippen molar-refractivity contribution in [2.24, 2.45) is 0 Å². The van der Waals surface area contributed by atoms with Crippen LogP contribution in [0.1, 0.15) is 29.3 Å². The van der Waals surface area contributed by atoms with E-state index < -0.39 is 0 Å². The van der Waals surface area contributed by atoms with Crippen LogP contribution in [0, 0.1) is 6.92 Å². The molecule has 3 heteroatoms. The highest BCUT2D eigenvalue weighted by Gasteiger charge is 2.08. The van der Waals surface area contributed by atoms with Gasteiger partial charge < -0.3 is 10.2 Å². The van der Waals surface area contributed by atoms with Crippen molar-refractivity contribution < 1.29 is 4.79 Å². The third kappa shape index (κ3) is 2.99. The van der Waals surface area contributed by atoms with Crippen LogP contribution in [0.25, 0.3) is 0 Å². The van der Waals surface area contributed by atoms with E-state index in [0.29, 0.717) is 0 Å². The van der Waals surface area contributed by atoms with Crippen molar-refractivity contribution in [3.05, 3.63) is 29.3 Å². The summed E-state index contributed by atoms with van der Waals surface area (Å²) in [6.07, 6.45) is 0.956. The van der Waals surface area contributed by atoms with E-state index in [9.17, 15) is 4.79 Å². The van der Waals surface area contributed by atoms with Gasteiger partial charge in [-0.2, -0.15) is 0 Å². The molecule has 1 rings (SSSR count). The maximum absolute atomic E-state index is 11.8. The summed E-state index contributed by atoms with van der Waals surface area (Å²) in [5.41, 5.74) is 2.99. The van der Waals surface area contributed by atoms with Crippen molar-refractivity contribution in [3.63, 3.8) is 0 Å². The van der Waals surface area contributed by atoms with Crippen molar-refractivity contribution in [3.8, 4) is 0 Å². The van der Waals surface area contributed by atoms with Crippen LogP contribution in [0.3, 0.4) is 0 Å². The van der Waals surface area contributed by atoms with E-state index in [-0.39, 0.29) is 5.91 Å². The molecule has 1 amide bonds. The van der Waals surface area contributed by atoms with Gasteiger partial charge in [0.25, 0.3) is 5.91 Å². The van der Waals surface area contributed by atoms with Crippen molar-refractivity contribution >= 4 is 11.6 Å². The Labute approximate surface area is 97.5 Å². The van der Waals surface area contributed by atoms with Crippen LogP contribution in [0.5, 0.6) is 0 Å². The summed E-state index contributed by atoms with van der Waals surface area (Å²) in [6.45, 7) is 4.81. The van der Waals surface area contributed by atoms with Crippen molar-refractivity contribution in [1.29, 1.82) is 0 Å². The first-order chi connectivity index (χ1) is 7.56. The summed E-state index contributed by atoms with van der Waals surface area (Å²) in [6, 6.07) is 5.78. The number of hydrogen-bond acceptors (Lipinski definition) is 2. The molecule has 0 fully saturated rings. The highest BCUT2D eigenvalue weighted by Crippen LogP contribution is 2.19. The fourth-order valence-electron chi connectivity index (χ4n) is 1.57. The summed E-state index contributed by atoms with van der Waals surface area (Å²) >= 11 is 0. The van der Waals surface area contributed by atoms with E-state index in [1.807, 2.05) is 51.0 Å². The van der Waals surface area contributed by atoms with Gasteiger partial charge in [-0.05, 0) is 31.0 Å². The lowest BCUT2D eigenvalue weighted by molar-refractivity contribution is 0.0953. The van der Waals surface area contributed by atoms with Crippen LogP contribution in [0.4, 0.5) is 5.69 Å². The van der Waals surface area contributed by atoms with E-state index in [4.69, 9.17) is 0 Å². The highest BCUT2D eigenvalue weighted by molar-refractivity contribution is 5.95. The van der Waals surface area contributed by atoms with Crippen molar-refractivity contribution in [2.45, 2.75) is 20.3 Å². The van der Waals surface area contributed by atoms with Gasteiger partial charge in [0.05, 0.1) is 0 Å². The van der Waals surface area contributed by atoms with Crippen LogP contribution in [0.15, 0.2) is 18.2 Å². The molecule has 0 bridgehead atoms. The SMILES string of the molecule is CCCNC(=O)c1ccc(C)c(N(C)C)c1. The Bertz CT molecular complexity index is 372. The number of amides is 1. The Morgan fingerprint density at radius 1 is 1.38 bits per heavy atom. The molecule has 0 aliphatic rings. The lowest BCUT2D eigenvalue weighted by atomic mass is 10.1. The molecule has 1 N–H and O–H groups in total. The maximum Gasteiger partial charge on any atom is 0.251 e. The summed E-state index contributed by atoms with van der Waals surface area (Å²) in [7, 11) is 3.96. The second-order valence-electron chi connectivity index (χ2n) is 4.15. The van der Waals surface area contributed by atoms with Gasteiger partial charge in [-0.3, -0.25) is 4.79 Å².